The molecule has 1 heterocycles. The van der Waals surface area contributed by atoms with Gasteiger partial charge in [-0.2, -0.15) is 0 Å². The summed E-state index contributed by atoms with van der Waals surface area (Å²) in [6.07, 6.45) is 2.38. The minimum Gasteiger partial charge on any atom is -0.376 e. The third kappa shape index (κ3) is 6.38. The lowest BCUT2D eigenvalue weighted by atomic mass is 10.1. The van der Waals surface area contributed by atoms with Crippen molar-refractivity contribution in [2.75, 3.05) is 26.2 Å². The van der Waals surface area contributed by atoms with Gasteiger partial charge in [-0.3, -0.25) is 9.69 Å². The van der Waals surface area contributed by atoms with E-state index < -0.39 is 10.0 Å². The van der Waals surface area contributed by atoms with Gasteiger partial charge in [0.2, 0.25) is 10.0 Å². The Labute approximate surface area is 190 Å². The molecule has 0 aromatic heterocycles. The summed E-state index contributed by atoms with van der Waals surface area (Å²) >= 11 is 0. The summed E-state index contributed by atoms with van der Waals surface area (Å²) < 4.78 is 33.2. The molecule has 1 aliphatic heterocycles. The highest BCUT2D eigenvalue weighted by molar-refractivity contribution is 7.89. The molecule has 7 nitrogen and oxygen atoms in total. The van der Waals surface area contributed by atoms with Crippen LogP contribution < -0.4 is 10.0 Å². The second-order valence-electron chi connectivity index (χ2n) is 8.74. The lowest BCUT2D eigenvalue weighted by molar-refractivity contribution is -0.0212. The lowest BCUT2D eigenvalue weighted by Gasteiger charge is -2.31. The molecule has 1 unspecified atom stereocenters. The Morgan fingerprint density at radius 1 is 1.12 bits per heavy atom. The smallest absolute Gasteiger partial charge is 0.251 e. The van der Waals surface area contributed by atoms with E-state index in [1.54, 1.807) is 12.1 Å². The van der Waals surface area contributed by atoms with E-state index in [-0.39, 0.29) is 16.9 Å². The van der Waals surface area contributed by atoms with E-state index in [1.165, 1.54) is 17.7 Å². The summed E-state index contributed by atoms with van der Waals surface area (Å²) in [5.41, 5.74) is 2.53. The van der Waals surface area contributed by atoms with E-state index in [0.717, 1.165) is 44.6 Å². The molecule has 0 spiro atoms. The molecule has 0 bridgehead atoms. The molecule has 2 aliphatic rings. The number of amides is 1. The van der Waals surface area contributed by atoms with Crippen LogP contribution in [-0.4, -0.2) is 51.6 Å². The monoisotopic (exact) mass is 457 g/mol. The normalized spacial score (nSPS) is 19.6. The molecule has 1 amide bonds. The Hall–Kier alpha value is -2.26. The van der Waals surface area contributed by atoms with Gasteiger partial charge in [0.15, 0.2) is 0 Å². The number of morpholine rings is 1. The minimum absolute atomic E-state index is 0.118. The largest absolute Gasteiger partial charge is 0.376 e. The molecule has 2 N–H and O–H groups in total. The number of ether oxygens (including phenoxy) is 1. The molecule has 172 valence electrons. The first-order valence-electron chi connectivity index (χ1n) is 11.2. The quantitative estimate of drug-likeness (QED) is 0.604. The summed E-state index contributed by atoms with van der Waals surface area (Å²) in [7, 11) is -3.61. The number of carbonyl (C=O) groups excluding carboxylic acids is 1. The van der Waals surface area contributed by atoms with Crippen LogP contribution in [0.2, 0.25) is 0 Å². The molecule has 2 aromatic carbocycles. The molecule has 1 saturated heterocycles. The van der Waals surface area contributed by atoms with Crippen molar-refractivity contribution in [3.8, 4) is 0 Å². The predicted octanol–water partition coefficient (Wildman–Crippen LogP) is 2.53. The van der Waals surface area contributed by atoms with Gasteiger partial charge in [0.1, 0.15) is 0 Å². The number of nitrogens with one attached hydrogen (secondary N) is 2. The van der Waals surface area contributed by atoms with Crippen LogP contribution in [0.15, 0.2) is 53.4 Å². The van der Waals surface area contributed by atoms with Crippen molar-refractivity contribution in [2.24, 2.45) is 5.92 Å². The fraction of sp³-hybridized carbons (Fsp3) is 0.458. The Balaban J connectivity index is 1.34. The van der Waals surface area contributed by atoms with Gasteiger partial charge in [0, 0.05) is 38.3 Å². The molecular formula is C24H31N3O4S. The van der Waals surface area contributed by atoms with E-state index in [4.69, 9.17) is 4.74 Å². The van der Waals surface area contributed by atoms with Gasteiger partial charge in [-0.1, -0.05) is 30.3 Å². The highest BCUT2D eigenvalue weighted by Crippen LogP contribution is 2.28. The number of hydrogen-bond acceptors (Lipinski definition) is 5. The molecule has 1 aliphatic carbocycles. The highest BCUT2D eigenvalue weighted by Gasteiger charge is 2.24. The Morgan fingerprint density at radius 3 is 2.69 bits per heavy atom. The molecular weight excluding hydrogens is 426 g/mol. The molecule has 4 rings (SSSR count). The zero-order chi connectivity index (χ0) is 22.6. The number of hydrogen-bond donors (Lipinski definition) is 2. The van der Waals surface area contributed by atoms with Crippen molar-refractivity contribution in [1.29, 1.82) is 0 Å². The van der Waals surface area contributed by atoms with E-state index >= 15 is 0 Å². The molecule has 32 heavy (non-hydrogen) atoms. The van der Waals surface area contributed by atoms with Crippen LogP contribution in [0.25, 0.3) is 0 Å². The van der Waals surface area contributed by atoms with Crippen LogP contribution >= 0.6 is 0 Å². The zero-order valence-electron chi connectivity index (χ0n) is 18.4. The molecule has 2 fully saturated rings. The first-order valence-corrected chi connectivity index (χ1v) is 12.7. The van der Waals surface area contributed by atoms with Gasteiger partial charge >= 0.3 is 0 Å². The molecule has 0 radical (unpaired) electrons. The topological polar surface area (TPSA) is 87.7 Å². The van der Waals surface area contributed by atoms with Crippen molar-refractivity contribution in [3.63, 3.8) is 0 Å². The summed E-state index contributed by atoms with van der Waals surface area (Å²) in [6, 6.07) is 14.4. The number of carbonyl (C=O) groups is 1. The van der Waals surface area contributed by atoms with Crippen molar-refractivity contribution in [3.05, 3.63) is 65.2 Å². The van der Waals surface area contributed by atoms with Crippen LogP contribution in [0.3, 0.4) is 0 Å². The van der Waals surface area contributed by atoms with Crippen molar-refractivity contribution in [2.45, 2.75) is 43.9 Å². The van der Waals surface area contributed by atoms with Gasteiger partial charge < -0.3 is 10.1 Å². The molecule has 1 atom stereocenters. The summed E-state index contributed by atoms with van der Waals surface area (Å²) in [6.45, 7) is 6.35. The van der Waals surface area contributed by atoms with Gasteiger partial charge in [0.25, 0.3) is 5.91 Å². The van der Waals surface area contributed by atoms with Gasteiger partial charge in [-0.05, 0) is 55.0 Å². The maximum atomic E-state index is 12.7. The second kappa shape index (κ2) is 10.1. The second-order valence-corrected chi connectivity index (χ2v) is 10.5. The predicted molar refractivity (Wildman–Crippen MR) is 123 cm³/mol. The average Bonchev–Trinajstić information content (AvgIpc) is 3.61. The zero-order valence-corrected chi connectivity index (χ0v) is 19.2. The van der Waals surface area contributed by atoms with E-state index in [0.29, 0.717) is 24.6 Å². The third-order valence-electron chi connectivity index (χ3n) is 5.84. The maximum absolute atomic E-state index is 12.7. The summed E-state index contributed by atoms with van der Waals surface area (Å²) in [4.78, 5) is 15.2. The summed E-state index contributed by atoms with van der Waals surface area (Å²) in [5.74, 6) is 0.148. The van der Waals surface area contributed by atoms with Crippen LogP contribution in [0.4, 0.5) is 0 Å². The van der Waals surface area contributed by atoms with Crippen LogP contribution in [-0.2, 0) is 27.8 Å². The fourth-order valence-corrected chi connectivity index (χ4v) is 5.01. The fourth-order valence-electron chi connectivity index (χ4n) is 3.85. The van der Waals surface area contributed by atoms with Crippen molar-refractivity contribution in [1.82, 2.24) is 14.9 Å². The minimum atomic E-state index is -3.61. The van der Waals surface area contributed by atoms with Gasteiger partial charge in [-0.15, -0.1) is 0 Å². The van der Waals surface area contributed by atoms with Crippen LogP contribution in [0, 0.1) is 5.92 Å². The molecule has 1 saturated carbocycles. The van der Waals surface area contributed by atoms with Gasteiger partial charge in [0.05, 0.1) is 17.6 Å². The third-order valence-corrected chi connectivity index (χ3v) is 7.26. The van der Waals surface area contributed by atoms with Crippen molar-refractivity contribution >= 4 is 15.9 Å². The maximum Gasteiger partial charge on any atom is 0.251 e. The number of sulfonamides is 1. The Bertz CT molecular complexity index is 1050. The highest BCUT2D eigenvalue weighted by atomic mass is 32.2. The number of nitrogens with zero attached hydrogens (tertiary/aromatic N) is 1. The van der Waals surface area contributed by atoms with E-state index in [9.17, 15) is 13.2 Å². The first kappa shape index (κ1) is 22.9. The van der Waals surface area contributed by atoms with Gasteiger partial charge in [-0.25, -0.2) is 13.1 Å². The number of rotatable bonds is 9. The van der Waals surface area contributed by atoms with Crippen LogP contribution in [0.5, 0.6) is 0 Å². The lowest BCUT2D eigenvalue weighted by Crippen LogP contribution is -2.40. The van der Waals surface area contributed by atoms with Crippen LogP contribution in [0.1, 0.15) is 41.3 Å². The van der Waals surface area contributed by atoms with E-state index in [1.807, 2.05) is 12.1 Å². The summed E-state index contributed by atoms with van der Waals surface area (Å²) in [5, 5.41) is 2.90. The Kier molecular flexibility index (Phi) is 7.25. The standard InChI is InChI=1S/C24H31N3O4S/c1-18-16-27(10-11-31-18)17-21-5-2-4-20(12-21)14-25-24(28)22-6-3-7-23(13-22)32(29,30)26-15-19-8-9-19/h2-7,12-13,18-19,26H,8-11,14-17H2,1H3,(H,25,28). The number of benzene rings is 2. The molecule has 8 heteroatoms. The average molecular weight is 458 g/mol. The molecule has 2 aromatic rings. The van der Waals surface area contributed by atoms with E-state index in [2.05, 4.69) is 34.0 Å². The Morgan fingerprint density at radius 2 is 1.91 bits per heavy atom. The van der Waals surface area contributed by atoms with Crippen molar-refractivity contribution < 1.29 is 17.9 Å². The first-order chi connectivity index (χ1) is 15.4. The SMILES string of the molecule is CC1CN(Cc2cccc(CNC(=O)c3cccc(S(=O)(=O)NCC4CC4)c3)c2)CCO1.